The quantitative estimate of drug-likeness (QED) is 0.474. The van der Waals surface area contributed by atoms with Crippen LogP contribution in [0.5, 0.6) is 0 Å². The summed E-state index contributed by atoms with van der Waals surface area (Å²) in [5, 5.41) is 22.9. The molecule has 2 aromatic rings. The molecule has 174 valence electrons. The van der Waals surface area contributed by atoms with Gasteiger partial charge in [-0.2, -0.15) is 4.98 Å². The second-order valence-corrected chi connectivity index (χ2v) is 9.14. The first-order chi connectivity index (χ1) is 15.8. The predicted octanol–water partition coefficient (Wildman–Crippen LogP) is 4.25. The summed E-state index contributed by atoms with van der Waals surface area (Å²) in [4.78, 5) is 29.6. The van der Waals surface area contributed by atoms with Gasteiger partial charge in [0.15, 0.2) is 5.41 Å². The van der Waals surface area contributed by atoms with Crippen LogP contribution in [0.2, 0.25) is 0 Å². The number of aliphatic carboxylic acids is 2. The van der Waals surface area contributed by atoms with E-state index in [1.807, 2.05) is 24.3 Å². The Balaban J connectivity index is 1.37. The molecule has 1 aromatic heterocycles. The summed E-state index contributed by atoms with van der Waals surface area (Å²) in [6.45, 7) is 7.61. The number of hydrogen-bond donors (Lipinski definition) is 2. The molecule has 1 aromatic carbocycles. The van der Waals surface area contributed by atoms with Gasteiger partial charge in [-0.05, 0) is 50.5 Å². The zero-order valence-corrected chi connectivity index (χ0v) is 18.8. The molecule has 2 N–H and O–H groups in total. The van der Waals surface area contributed by atoms with Crippen LogP contribution in [0, 0.1) is 11.3 Å². The lowest BCUT2D eigenvalue weighted by molar-refractivity contribution is -0.168. The molecule has 1 fully saturated rings. The van der Waals surface area contributed by atoms with Gasteiger partial charge in [-0.1, -0.05) is 47.7 Å². The molecule has 0 amide bonds. The van der Waals surface area contributed by atoms with Gasteiger partial charge in [-0.25, -0.2) is 0 Å². The van der Waals surface area contributed by atoms with Crippen LogP contribution in [0.3, 0.4) is 0 Å². The molecular weight excluding hydrogens is 422 g/mol. The Bertz CT molecular complexity index is 1060. The van der Waals surface area contributed by atoms with Crippen molar-refractivity contribution in [2.24, 2.45) is 11.3 Å². The smallest absolute Gasteiger partial charge is 0.321 e. The summed E-state index contributed by atoms with van der Waals surface area (Å²) >= 11 is 0. The van der Waals surface area contributed by atoms with Gasteiger partial charge in [0, 0.05) is 30.8 Å². The van der Waals surface area contributed by atoms with E-state index in [1.54, 1.807) is 0 Å². The molecule has 8 heteroatoms. The highest BCUT2D eigenvalue weighted by Crippen LogP contribution is 2.34. The largest absolute Gasteiger partial charge is 0.480 e. The minimum absolute atomic E-state index is 0.102. The van der Waals surface area contributed by atoms with E-state index >= 15 is 0 Å². The van der Waals surface area contributed by atoms with Crippen molar-refractivity contribution in [1.29, 1.82) is 0 Å². The second kappa shape index (κ2) is 9.31. The van der Waals surface area contributed by atoms with E-state index in [1.165, 1.54) is 5.57 Å². The van der Waals surface area contributed by atoms with E-state index in [9.17, 15) is 19.8 Å². The number of carbonyl (C=O) groups is 2. The van der Waals surface area contributed by atoms with Gasteiger partial charge in [-0.3, -0.25) is 14.5 Å². The molecule has 0 spiro atoms. The van der Waals surface area contributed by atoms with Crippen molar-refractivity contribution >= 4 is 17.5 Å². The molecule has 4 rings (SSSR count). The Kier molecular flexibility index (Phi) is 6.47. The number of allylic oxidation sites excluding steroid dienone is 3. The minimum atomic E-state index is -1.67. The average molecular weight is 452 g/mol. The normalized spacial score (nSPS) is 20.8. The molecular formula is C25H29N3O5. The molecule has 33 heavy (non-hydrogen) atoms. The van der Waals surface area contributed by atoms with Crippen LogP contribution in [-0.4, -0.2) is 50.3 Å². The van der Waals surface area contributed by atoms with Crippen LogP contribution in [0.25, 0.3) is 17.0 Å². The molecule has 2 heterocycles. The van der Waals surface area contributed by atoms with E-state index in [0.717, 1.165) is 36.0 Å². The Morgan fingerprint density at radius 3 is 2.39 bits per heavy atom. The van der Waals surface area contributed by atoms with Crippen LogP contribution in [0.4, 0.5) is 0 Å². The fourth-order valence-electron chi connectivity index (χ4n) is 4.58. The van der Waals surface area contributed by atoms with Crippen molar-refractivity contribution in [2.75, 3.05) is 13.1 Å². The van der Waals surface area contributed by atoms with Crippen LogP contribution < -0.4 is 0 Å². The maximum atomic E-state index is 11.5. The predicted molar refractivity (Wildman–Crippen MR) is 122 cm³/mol. The van der Waals surface area contributed by atoms with Gasteiger partial charge in [0.1, 0.15) is 0 Å². The number of likely N-dealkylation sites (tertiary alicyclic amines) is 1. The van der Waals surface area contributed by atoms with E-state index < -0.39 is 17.4 Å². The van der Waals surface area contributed by atoms with Gasteiger partial charge in [0.05, 0.1) is 0 Å². The van der Waals surface area contributed by atoms with Gasteiger partial charge in [0.25, 0.3) is 5.89 Å². The van der Waals surface area contributed by atoms with Crippen LogP contribution >= 0.6 is 0 Å². The van der Waals surface area contributed by atoms with Crippen molar-refractivity contribution in [3.63, 3.8) is 0 Å². The summed E-state index contributed by atoms with van der Waals surface area (Å²) in [5.74, 6) is -0.863. The Morgan fingerprint density at radius 2 is 1.85 bits per heavy atom. The molecule has 1 saturated heterocycles. The third-order valence-electron chi connectivity index (χ3n) is 6.96. The SMILES string of the molecule is C=C(C)C1CC=C(c2nc(-c3ccc(CN4CCC(C(=O)O)(C(=O)O)CC4)cc3)no2)CC1. The van der Waals surface area contributed by atoms with Crippen molar-refractivity contribution in [1.82, 2.24) is 15.0 Å². The zero-order valence-electron chi connectivity index (χ0n) is 18.8. The molecule has 0 saturated carbocycles. The molecule has 1 aliphatic carbocycles. The monoisotopic (exact) mass is 451 g/mol. The first-order valence-corrected chi connectivity index (χ1v) is 11.3. The number of benzene rings is 1. The third-order valence-corrected chi connectivity index (χ3v) is 6.96. The van der Waals surface area contributed by atoms with E-state index in [4.69, 9.17) is 4.52 Å². The Morgan fingerprint density at radius 1 is 1.18 bits per heavy atom. The lowest BCUT2D eigenvalue weighted by Gasteiger charge is -2.36. The first-order valence-electron chi connectivity index (χ1n) is 11.3. The van der Waals surface area contributed by atoms with Gasteiger partial charge in [0.2, 0.25) is 5.82 Å². The fraction of sp³-hybridized carbons (Fsp3) is 0.440. The Hall–Kier alpha value is -3.26. The Labute approximate surface area is 192 Å². The molecule has 0 radical (unpaired) electrons. The molecule has 8 nitrogen and oxygen atoms in total. The maximum Gasteiger partial charge on any atom is 0.321 e. The molecule has 0 bridgehead atoms. The molecule has 1 aliphatic heterocycles. The van der Waals surface area contributed by atoms with Crippen LogP contribution in [0.1, 0.15) is 50.5 Å². The standard InChI is InChI=1S/C25H29N3O5/c1-16(2)18-7-9-20(10-8-18)22-26-21(27-33-22)19-5-3-17(4-6-19)15-28-13-11-25(12-14-28,23(29)30)24(31)32/h3-6,9,18H,1,7-8,10-15H2,2H3,(H,29,30)(H,31,32). The topological polar surface area (TPSA) is 117 Å². The number of hydrogen-bond acceptors (Lipinski definition) is 6. The second-order valence-electron chi connectivity index (χ2n) is 9.14. The molecule has 2 aliphatic rings. The van der Waals surface area contributed by atoms with Crippen molar-refractivity contribution < 1.29 is 24.3 Å². The number of rotatable bonds is 7. The lowest BCUT2D eigenvalue weighted by atomic mass is 9.78. The summed E-state index contributed by atoms with van der Waals surface area (Å²) in [7, 11) is 0. The molecule has 1 atom stereocenters. The minimum Gasteiger partial charge on any atom is -0.480 e. The number of aromatic nitrogens is 2. The van der Waals surface area contributed by atoms with Gasteiger partial charge in [-0.15, -0.1) is 0 Å². The first kappa shape index (κ1) is 22.9. The van der Waals surface area contributed by atoms with Crippen molar-refractivity contribution in [3.8, 4) is 11.4 Å². The number of carboxylic acid groups (broad SMARTS) is 2. The summed E-state index contributed by atoms with van der Waals surface area (Å²) < 4.78 is 5.51. The summed E-state index contributed by atoms with van der Waals surface area (Å²) in [6.07, 6.45) is 5.27. The third kappa shape index (κ3) is 4.75. The van der Waals surface area contributed by atoms with Crippen LogP contribution in [0.15, 0.2) is 47.0 Å². The highest BCUT2D eigenvalue weighted by Gasteiger charge is 2.48. The highest BCUT2D eigenvalue weighted by atomic mass is 16.5. The number of piperidine rings is 1. The van der Waals surface area contributed by atoms with Crippen molar-refractivity contribution in [3.05, 3.63) is 53.9 Å². The highest BCUT2D eigenvalue weighted by molar-refractivity contribution is 5.98. The zero-order chi connectivity index (χ0) is 23.6. The van der Waals surface area contributed by atoms with Gasteiger partial charge < -0.3 is 14.7 Å². The fourth-order valence-corrected chi connectivity index (χ4v) is 4.58. The van der Waals surface area contributed by atoms with Crippen molar-refractivity contribution in [2.45, 2.75) is 45.6 Å². The average Bonchev–Trinajstić information content (AvgIpc) is 3.30. The maximum absolute atomic E-state index is 11.5. The lowest BCUT2D eigenvalue weighted by Crippen LogP contribution is -2.48. The number of carboxylic acids is 2. The molecule has 1 unspecified atom stereocenters. The van der Waals surface area contributed by atoms with E-state index in [-0.39, 0.29) is 12.8 Å². The van der Waals surface area contributed by atoms with Crippen LogP contribution in [-0.2, 0) is 16.1 Å². The van der Waals surface area contributed by atoms with Gasteiger partial charge >= 0.3 is 11.9 Å². The summed E-state index contributed by atoms with van der Waals surface area (Å²) in [6, 6.07) is 7.86. The van der Waals surface area contributed by atoms with E-state index in [0.29, 0.717) is 37.3 Å². The summed E-state index contributed by atoms with van der Waals surface area (Å²) in [5.41, 5.74) is 2.55. The van der Waals surface area contributed by atoms with E-state index in [2.05, 4.69) is 34.6 Å². The number of nitrogens with zero attached hydrogens (tertiary/aromatic N) is 3.